The molecule has 3 N–H and O–H groups in total. The minimum atomic E-state index is -0.0876. The zero-order valence-electron chi connectivity index (χ0n) is 12.1. The Labute approximate surface area is 120 Å². The van der Waals surface area contributed by atoms with E-state index in [4.69, 9.17) is 5.84 Å². The molecule has 110 valence electrons. The summed E-state index contributed by atoms with van der Waals surface area (Å²) in [6.45, 7) is 4.08. The summed E-state index contributed by atoms with van der Waals surface area (Å²) in [6, 6.07) is 11.0. The number of hydrogen-bond donors (Lipinski definition) is 2. The van der Waals surface area contributed by atoms with Crippen molar-refractivity contribution in [2.75, 3.05) is 33.2 Å². The summed E-state index contributed by atoms with van der Waals surface area (Å²) in [4.78, 5) is 16.0. The molecule has 1 aliphatic rings. The Kier molecular flexibility index (Phi) is 5.52. The van der Waals surface area contributed by atoms with E-state index in [0.717, 1.165) is 32.6 Å². The topological polar surface area (TPSA) is 61.6 Å². The zero-order valence-corrected chi connectivity index (χ0v) is 12.1. The molecular weight excluding hydrogens is 252 g/mol. The SMILES string of the molecule is CN1CCN(CCCC(=O)NN)C(c2ccccc2)C1. The molecule has 1 aromatic rings. The zero-order chi connectivity index (χ0) is 14.4. The molecule has 1 atom stereocenters. The largest absolute Gasteiger partial charge is 0.303 e. The maximum atomic E-state index is 11.2. The molecule has 2 rings (SSSR count). The number of hydrogen-bond acceptors (Lipinski definition) is 4. The third-order valence-electron chi connectivity index (χ3n) is 3.89. The molecule has 20 heavy (non-hydrogen) atoms. The Morgan fingerprint density at radius 1 is 1.35 bits per heavy atom. The maximum Gasteiger partial charge on any atom is 0.233 e. The fourth-order valence-corrected chi connectivity index (χ4v) is 2.73. The molecule has 5 heteroatoms. The van der Waals surface area contributed by atoms with E-state index in [-0.39, 0.29) is 5.91 Å². The van der Waals surface area contributed by atoms with E-state index in [1.165, 1.54) is 5.56 Å². The molecule has 1 aliphatic heterocycles. The highest BCUT2D eigenvalue weighted by atomic mass is 16.2. The highest BCUT2D eigenvalue weighted by molar-refractivity contribution is 5.75. The molecule has 0 spiro atoms. The third-order valence-corrected chi connectivity index (χ3v) is 3.89. The standard InChI is InChI=1S/C15H24N4O/c1-18-10-11-19(9-5-8-15(20)17-16)14(12-18)13-6-3-2-4-7-13/h2-4,6-7,14H,5,8-12,16H2,1H3,(H,17,20). The Bertz CT molecular complexity index is 423. The number of nitrogens with two attached hydrogens (primary N) is 1. The average Bonchev–Trinajstić information content (AvgIpc) is 2.49. The summed E-state index contributed by atoms with van der Waals surface area (Å²) in [6.07, 6.45) is 1.33. The Hall–Kier alpha value is -1.43. The monoisotopic (exact) mass is 276 g/mol. The first-order chi connectivity index (χ1) is 9.70. The van der Waals surface area contributed by atoms with Gasteiger partial charge in [-0.1, -0.05) is 30.3 Å². The summed E-state index contributed by atoms with van der Waals surface area (Å²) < 4.78 is 0. The first-order valence-electron chi connectivity index (χ1n) is 7.17. The number of nitrogens with one attached hydrogen (secondary N) is 1. The lowest BCUT2D eigenvalue weighted by Crippen LogP contribution is -2.47. The molecule has 1 saturated heterocycles. The summed E-state index contributed by atoms with van der Waals surface area (Å²) in [5, 5.41) is 0. The van der Waals surface area contributed by atoms with Crippen molar-refractivity contribution in [1.82, 2.24) is 15.2 Å². The molecule has 1 heterocycles. The number of rotatable bonds is 5. The van der Waals surface area contributed by atoms with Crippen LogP contribution in [0.2, 0.25) is 0 Å². The second-order valence-corrected chi connectivity index (χ2v) is 5.40. The van der Waals surface area contributed by atoms with Crippen molar-refractivity contribution >= 4 is 5.91 Å². The number of benzene rings is 1. The van der Waals surface area contributed by atoms with Crippen LogP contribution in [0.25, 0.3) is 0 Å². The minimum absolute atomic E-state index is 0.0876. The predicted molar refractivity (Wildman–Crippen MR) is 79.8 cm³/mol. The van der Waals surface area contributed by atoms with Gasteiger partial charge in [0.15, 0.2) is 0 Å². The Morgan fingerprint density at radius 2 is 2.10 bits per heavy atom. The van der Waals surface area contributed by atoms with E-state index in [9.17, 15) is 4.79 Å². The van der Waals surface area contributed by atoms with Crippen LogP contribution in [-0.4, -0.2) is 48.9 Å². The van der Waals surface area contributed by atoms with Crippen LogP contribution in [0.1, 0.15) is 24.4 Å². The quantitative estimate of drug-likeness (QED) is 0.473. The molecule has 0 aromatic heterocycles. The molecule has 1 unspecified atom stereocenters. The van der Waals surface area contributed by atoms with Crippen LogP contribution < -0.4 is 11.3 Å². The van der Waals surface area contributed by atoms with Gasteiger partial charge in [-0.3, -0.25) is 15.1 Å². The molecule has 0 saturated carbocycles. The summed E-state index contributed by atoms with van der Waals surface area (Å²) in [5.41, 5.74) is 3.54. The molecule has 5 nitrogen and oxygen atoms in total. The highest BCUT2D eigenvalue weighted by Crippen LogP contribution is 2.24. The number of carbonyl (C=O) groups is 1. The predicted octanol–water partition coefficient (Wildman–Crippen LogP) is 0.745. The van der Waals surface area contributed by atoms with Crippen LogP contribution in [0.15, 0.2) is 30.3 Å². The average molecular weight is 276 g/mol. The van der Waals surface area contributed by atoms with Gasteiger partial charge in [0, 0.05) is 32.1 Å². The Balaban J connectivity index is 1.96. The summed E-state index contributed by atoms with van der Waals surface area (Å²) >= 11 is 0. The lowest BCUT2D eigenvalue weighted by atomic mass is 10.0. The molecular formula is C15H24N4O. The fourth-order valence-electron chi connectivity index (χ4n) is 2.73. The second kappa shape index (κ2) is 7.38. The van der Waals surface area contributed by atoms with Gasteiger partial charge in [0.05, 0.1) is 0 Å². The minimum Gasteiger partial charge on any atom is -0.303 e. The lowest BCUT2D eigenvalue weighted by molar-refractivity contribution is -0.121. The number of piperazine rings is 1. The van der Waals surface area contributed by atoms with Crippen molar-refractivity contribution in [3.63, 3.8) is 0 Å². The van der Waals surface area contributed by atoms with Gasteiger partial charge in [0.25, 0.3) is 0 Å². The second-order valence-electron chi connectivity index (χ2n) is 5.40. The first kappa shape index (κ1) is 15.0. The fraction of sp³-hybridized carbons (Fsp3) is 0.533. The molecule has 1 fully saturated rings. The highest BCUT2D eigenvalue weighted by Gasteiger charge is 2.25. The number of hydrazine groups is 1. The van der Waals surface area contributed by atoms with Gasteiger partial charge in [-0.15, -0.1) is 0 Å². The smallest absolute Gasteiger partial charge is 0.233 e. The van der Waals surface area contributed by atoms with Crippen molar-refractivity contribution in [1.29, 1.82) is 0 Å². The van der Waals surface area contributed by atoms with Crippen molar-refractivity contribution in [3.8, 4) is 0 Å². The van der Waals surface area contributed by atoms with Crippen LogP contribution in [-0.2, 0) is 4.79 Å². The molecule has 0 bridgehead atoms. The molecule has 1 amide bonds. The normalized spacial score (nSPS) is 20.8. The third kappa shape index (κ3) is 4.03. The molecule has 0 radical (unpaired) electrons. The van der Waals surface area contributed by atoms with Gasteiger partial charge >= 0.3 is 0 Å². The van der Waals surface area contributed by atoms with E-state index in [2.05, 4.69) is 46.5 Å². The van der Waals surface area contributed by atoms with Gasteiger partial charge in [-0.2, -0.15) is 0 Å². The number of likely N-dealkylation sites (N-methyl/N-ethyl adjacent to an activating group) is 1. The van der Waals surface area contributed by atoms with Crippen LogP contribution in [0.5, 0.6) is 0 Å². The number of amides is 1. The van der Waals surface area contributed by atoms with Crippen molar-refractivity contribution in [3.05, 3.63) is 35.9 Å². The number of carbonyl (C=O) groups excluding carboxylic acids is 1. The van der Waals surface area contributed by atoms with Crippen molar-refractivity contribution < 1.29 is 4.79 Å². The van der Waals surface area contributed by atoms with Crippen LogP contribution in [0.4, 0.5) is 0 Å². The van der Waals surface area contributed by atoms with E-state index >= 15 is 0 Å². The summed E-state index contributed by atoms with van der Waals surface area (Å²) in [5.74, 6) is 5.02. The van der Waals surface area contributed by atoms with E-state index in [0.29, 0.717) is 12.5 Å². The lowest BCUT2D eigenvalue weighted by Gasteiger charge is -2.40. The van der Waals surface area contributed by atoms with Crippen LogP contribution >= 0.6 is 0 Å². The van der Waals surface area contributed by atoms with Crippen molar-refractivity contribution in [2.24, 2.45) is 5.84 Å². The number of nitrogens with zero attached hydrogens (tertiary/aromatic N) is 2. The van der Waals surface area contributed by atoms with Crippen LogP contribution in [0.3, 0.4) is 0 Å². The van der Waals surface area contributed by atoms with Gasteiger partial charge < -0.3 is 4.90 Å². The van der Waals surface area contributed by atoms with Gasteiger partial charge in [-0.05, 0) is 25.6 Å². The summed E-state index contributed by atoms with van der Waals surface area (Å²) in [7, 11) is 2.16. The van der Waals surface area contributed by atoms with E-state index in [1.807, 2.05) is 6.07 Å². The van der Waals surface area contributed by atoms with Gasteiger partial charge in [0.2, 0.25) is 5.91 Å². The Morgan fingerprint density at radius 3 is 2.80 bits per heavy atom. The molecule has 0 aliphatic carbocycles. The van der Waals surface area contributed by atoms with E-state index in [1.54, 1.807) is 0 Å². The maximum absolute atomic E-state index is 11.2. The first-order valence-corrected chi connectivity index (χ1v) is 7.17. The van der Waals surface area contributed by atoms with Crippen LogP contribution in [0, 0.1) is 0 Å². The van der Waals surface area contributed by atoms with Gasteiger partial charge in [-0.25, -0.2) is 5.84 Å². The van der Waals surface area contributed by atoms with E-state index < -0.39 is 0 Å². The molecule has 1 aromatic carbocycles. The van der Waals surface area contributed by atoms with Crippen molar-refractivity contribution in [2.45, 2.75) is 18.9 Å². The van der Waals surface area contributed by atoms with Gasteiger partial charge in [0.1, 0.15) is 0 Å².